The molecule has 5 rings (SSSR count). The van der Waals surface area contributed by atoms with Crippen molar-refractivity contribution < 1.29 is 0 Å². The van der Waals surface area contributed by atoms with Crippen LogP contribution < -0.4 is 27.6 Å². The van der Waals surface area contributed by atoms with Gasteiger partial charge in [-0.05, 0) is 49.7 Å². The maximum Gasteiger partial charge on any atom is 0.281 e. The van der Waals surface area contributed by atoms with Crippen molar-refractivity contribution in [2.75, 3.05) is 48.9 Å². The minimum Gasteiger partial charge on any atom is -0.354 e. The van der Waals surface area contributed by atoms with Crippen LogP contribution in [0.15, 0.2) is 59.4 Å². The number of nitrogens with one attached hydrogen (secondary N) is 1. The molecular formula is C25H30N8O. The molecular weight excluding hydrogens is 428 g/mol. The third-order valence-corrected chi connectivity index (χ3v) is 6.56. The zero-order chi connectivity index (χ0) is 23.5. The number of para-hydroxylation sites is 1. The maximum atomic E-state index is 12.7. The summed E-state index contributed by atoms with van der Waals surface area (Å²) in [4.78, 5) is 27.0. The van der Waals surface area contributed by atoms with Gasteiger partial charge in [-0.1, -0.05) is 24.3 Å². The molecule has 4 aromatic rings. The number of piperazine rings is 1. The van der Waals surface area contributed by atoms with Gasteiger partial charge in [0.25, 0.3) is 5.56 Å². The number of rotatable bonds is 7. The van der Waals surface area contributed by atoms with Crippen LogP contribution in [0, 0.1) is 0 Å². The molecule has 0 spiro atoms. The van der Waals surface area contributed by atoms with Crippen molar-refractivity contribution in [2.45, 2.75) is 19.3 Å². The van der Waals surface area contributed by atoms with E-state index in [-0.39, 0.29) is 5.56 Å². The number of hydrazine groups is 1. The summed E-state index contributed by atoms with van der Waals surface area (Å²) in [5.41, 5.74) is 4.43. The van der Waals surface area contributed by atoms with Gasteiger partial charge in [0.05, 0.1) is 22.1 Å². The lowest BCUT2D eigenvalue weighted by Gasteiger charge is -2.35. The van der Waals surface area contributed by atoms with Crippen LogP contribution in [0.2, 0.25) is 0 Å². The summed E-state index contributed by atoms with van der Waals surface area (Å²) in [5.74, 6) is 13.2. The van der Waals surface area contributed by atoms with Crippen molar-refractivity contribution >= 4 is 33.3 Å². The average molecular weight is 459 g/mol. The number of hydrogen-bond acceptors (Lipinski definition) is 8. The Balaban J connectivity index is 1.13. The molecule has 0 saturated carbocycles. The highest BCUT2D eigenvalue weighted by atomic mass is 16.1. The van der Waals surface area contributed by atoms with Crippen molar-refractivity contribution in [2.24, 2.45) is 5.84 Å². The first-order chi connectivity index (χ1) is 16.6. The number of anilines is 2. The van der Waals surface area contributed by atoms with Crippen LogP contribution in [0.3, 0.4) is 0 Å². The third kappa shape index (κ3) is 4.40. The first-order valence-electron chi connectivity index (χ1n) is 11.7. The molecule has 3 heterocycles. The predicted molar refractivity (Wildman–Crippen MR) is 137 cm³/mol. The standard InChI is InChI=1S/C25H30N8O/c26-30-21-9-5-8-20-24(21)25(34)33(27)23(29-20)10-3-4-13-31-14-16-32(17-15-31)22-12-11-18-6-1-2-7-19(18)28-22/h1-2,5-9,11-12,30H,3-4,10,13-17,26-27H2. The summed E-state index contributed by atoms with van der Waals surface area (Å²) in [6.07, 6.45) is 2.59. The van der Waals surface area contributed by atoms with Crippen LogP contribution in [-0.2, 0) is 6.42 Å². The highest BCUT2D eigenvalue weighted by Crippen LogP contribution is 2.20. The normalized spacial score (nSPS) is 14.7. The van der Waals surface area contributed by atoms with Crippen molar-refractivity contribution in [3.63, 3.8) is 0 Å². The smallest absolute Gasteiger partial charge is 0.281 e. The monoisotopic (exact) mass is 458 g/mol. The summed E-state index contributed by atoms with van der Waals surface area (Å²) < 4.78 is 1.15. The maximum absolute atomic E-state index is 12.7. The molecule has 0 bridgehead atoms. The van der Waals surface area contributed by atoms with E-state index < -0.39 is 0 Å². The van der Waals surface area contributed by atoms with Crippen molar-refractivity contribution in [1.29, 1.82) is 0 Å². The van der Waals surface area contributed by atoms with Crippen LogP contribution in [-0.4, -0.2) is 52.3 Å². The van der Waals surface area contributed by atoms with Gasteiger partial charge in [0, 0.05) is 38.0 Å². The fourth-order valence-electron chi connectivity index (χ4n) is 4.64. The summed E-state index contributed by atoms with van der Waals surface area (Å²) >= 11 is 0. The molecule has 0 atom stereocenters. The lowest BCUT2D eigenvalue weighted by molar-refractivity contribution is 0.252. The number of hydrogen-bond donors (Lipinski definition) is 3. The highest BCUT2D eigenvalue weighted by molar-refractivity contribution is 5.90. The fraction of sp³-hybridized carbons (Fsp3) is 0.320. The van der Waals surface area contributed by atoms with Gasteiger partial charge in [0.2, 0.25) is 0 Å². The summed E-state index contributed by atoms with van der Waals surface area (Å²) in [7, 11) is 0. The topological polar surface area (TPSA) is 118 Å². The first-order valence-corrected chi connectivity index (χ1v) is 11.7. The Morgan fingerprint density at radius 3 is 2.50 bits per heavy atom. The van der Waals surface area contributed by atoms with Gasteiger partial charge < -0.3 is 16.2 Å². The van der Waals surface area contributed by atoms with Crippen molar-refractivity contribution in [3.8, 4) is 0 Å². The largest absolute Gasteiger partial charge is 0.354 e. The molecule has 176 valence electrons. The van der Waals surface area contributed by atoms with Crippen LogP contribution in [0.25, 0.3) is 21.8 Å². The highest BCUT2D eigenvalue weighted by Gasteiger charge is 2.18. The van der Waals surface area contributed by atoms with Crippen molar-refractivity contribution in [1.82, 2.24) is 19.5 Å². The van der Waals surface area contributed by atoms with E-state index in [2.05, 4.69) is 44.5 Å². The van der Waals surface area contributed by atoms with Gasteiger partial charge in [-0.2, -0.15) is 0 Å². The fourth-order valence-corrected chi connectivity index (χ4v) is 4.64. The lowest BCUT2D eigenvalue weighted by atomic mass is 10.1. The molecule has 2 aromatic heterocycles. The Labute approximate surface area is 197 Å². The van der Waals surface area contributed by atoms with E-state index in [1.807, 2.05) is 24.3 Å². The SMILES string of the molecule is NNc1cccc2nc(CCCCN3CCN(c4ccc5ccccc5n4)CC3)n(N)c(=O)c12. The number of benzene rings is 2. The molecule has 9 heteroatoms. The van der Waals surface area contributed by atoms with Gasteiger partial charge in [-0.3, -0.25) is 15.5 Å². The molecule has 0 radical (unpaired) electrons. The number of fused-ring (bicyclic) bond motifs is 2. The number of nitrogens with two attached hydrogens (primary N) is 2. The molecule has 5 N–H and O–H groups in total. The number of aryl methyl sites for hydroxylation is 1. The molecule has 2 aromatic carbocycles. The van der Waals surface area contributed by atoms with E-state index in [1.54, 1.807) is 6.07 Å². The minimum atomic E-state index is -0.285. The second kappa shape index (κ2) is 9.66. The number of aromatic nitrogens is 3. The molecule has 9 nitrogen and oxygen atoms in total. The number of nitrogen functional groups attached to an aromatic ring is 2. The Bertz CT molecular complexity index is 1360. The number of pyridine rings is 1. The average Bonchev–Trinajstić information content (AvgIpc) is 2.89. The Morgan fingerprint density at radius 1 is 0.882 bits per heavy atom. The minimum absolute atomic E-state index is 0.285. The van der Waals surface area contributed by atoms with E-state index in [0.717, 1.165) is 61.6 Å². The molecule has 1 aliphatic rings. The molecule has 1 saturated heterocycles. The first kappa shape index (κ1) is 22.1. The van der Waals surface area contributed by atoms with Crippen LogP contribution in [0.5, 0.6) is 0 Å². The quantitative estimate of drug-likeness (QED) is 0.219. The van der Waals surface area contributed by atoms with Gasteiger partial charge in [-0.25, -0.2) is 14.6 Å². The van der Waals surface area contributed by atoms with Gasteiger partial charge >= 0.3 is 0 Å². The second-order valence-corrected chi connectivity index (χ2v) is 8.70. The van der Waals surface area contributed by atoms with Crippen LogP contribution in [0.1, 0.15) is 18.7 Å². The number of nitrogens with zero attached hydrogens (tertiary/aromatic N) is 5. The van der Waals surface area contributed by atoms with Gasteiger partial charge in [0.1, 0.15) is 11.6 Å². The van der Waals surface area contributed by atoms with E-state index in [9.17, 15) is 4.79 Å². The second-order valence-electron chi connectivity index (χ2n) is 8.70. The zero-order valence-corrected chi connectivity index (χ0v) is 19.2. The van der Waals surface area contributed by atoms with E-state index in [4.69, 9.17) is 16.7 Å². The van der Waals surface area contributed by atoms with Crippen LogP contribution >= 0.6 is 0 Å². The summed E-state index contributed by atoms with van der Waals surface area (Å²) in [6, 6.07) is 17.9. The number of unbranched alkanes of at least 4 members (excludes halogenated alkanes) is 1. The lowest BCUT2D eigenvalue weighted by Crippen LogP contribution is -2.46. The van der Waals surface area contributed by atoms with Gasteiger partial charge in [0.15, 0.2) is 0 Å². The summed E-state index contributed by atoms with van der Waals surface area (Å²) in [5, 5.41) is 1.58. The molecule has 0 amide bonds. The predicted octanol–water partition coefficient (Wildman–Crippen LogP) is 2.09. The van der Waals surface area contributed by atoms with E-state index in [1.165, 1.54) is 5.39 Å². The molecule has 1 aliphatic heterocycles. The third-order valence-electron chi connectivity index (χ3n) is 6.56. The van der Waals surface area contributed by atoms with Crippen LogP contribution in [0.4, 0.5) is 11.5 Å². The Hall–Kier alpha value is -3.69. The Morgan fingerprint density at radius 2 is 1.68 bits per heavy atom. The van der Waals surface area contributed by atoms with E-state index in [0.29, 0.717) is 28.8 Å². The Kier molecular flexibility index (Phi) is 6.29. The molecule has 34 heavy (non-hydrogen) atoms. The molecule has 1 fully saturated rings. The van der Waals surface area contributed by atoms with Crippen molar-refractivity contribution in [3.05, 3.63) is 70.8 Å². The molecule has 0 aliphatic carbocycles. The van der Waals surface area contributed by atoms with E-state index >= 15 is 0 Å². The molecule has 0 unspecified atom stereocenters. The summed E-state index contributed by atoms with van der Waals surface area (Å²) in [6.45, 7) is 4.98. The zero-order valence-electron chi connectivity index (χ0n) is 19.2. The van der Waals surface area contributed by atoms with Gasteiger partial charge in [-0.15, -0.1) is 0 Å².